The normalized spacial score (nSPS) is 14.1. The molecule has 2 heterocycles. The van der Waals surface area contributed by atoms with Crippen molar-refractivity contribution in [1.82, 2.24) is 14.5 Å². The molecule has 7 heteroatoms. The molecule has 162 valence electrons. The zero-order chi connectivity index (χ0) is 22.1. The minimum Gasteiger partial charge on any atom is -0.349 e. The van der Waals surface area contributed by atoms with Gasteiger partial charge in [-0.15, -0.1) is 0 Å². The minimum absolute atomic E-state index is 0.122. The van der Waals surface area contributed by atoms with Crippen molar-refractivity contribution in [1.29, 1.82) is 0 Å². The summed E-state index contributed by atoms with van der Waals surface area (Å²) in [6.07, 6.45) is 6.27. The maximum atomic E-state index is 13.9. The first-order valence-corrected chi connectivity index (χ1v) is 10.7. The molecule has 0 atom stereocenters. The number of carbonyl (C=O) groups excluding carboxylic acids is 1. The molecule has 2 N–H and O–H groups in total. The first-order valence-electron chi connectivity index (χ1n) is 10.7. The summed E-state index contributed by atoms with van der Waals surface area (Å²) in [4.78, 5) is 20.5. The molecule has 5 nitrogen and oxygen atoms in total. The van der Waals surface area contributed by atoms with E-state index >= 15 is 0 Å². The summed E-state index contributed by atoms with van der Waals surface area (Å²) in [5, 5.41) is 2.60. The number of rotatable bonds is 5. The molecule has 0 radical (unpaired) electrons. The highest BCUT2D eigenvalue weighted by atomic mass is 19.1. The predicted octanol–water partition coefficient (Wildman–Crippen LogP) is 6.19. The zero-order valence-corrected chi connectivity index (χ0v) is 17.3. The molecule has 0 spiro atoms. The Labute approximate surface area is 184 Å². The van der Waals surface area contributed by atoms with Gasteiger partial charge in [0.1, 0.15) is 17.3 Å². The van der Waals surface area contributed by atoms with E-state index in [4.69, 9.17) is 0 Å². The van der Waals surface area contributed by atoms with E-state index in [1.807, 2.05) is 12.4 Å². The van der Waals surface area contributed by atoms with Gasteiger partial charge < -0.3 is 14.9 Å². The molecule has 2 aromatic heterocycles. The van der Waals surface area contributed by atoms with Gasteiger partial charge >= 0.3 is 0 Å². The molecular formula is C25H22F2N4O. The van der Waals surface area contributed by atoms with Crippen LogP contribution >= 0.6 is 0 Å². The van der Waals surface area contributed by atoms with E-state index in [0.29, 0.717) is 11.7 Å². The lowest BCUT2D eigenvalue weighted by atomic mass is 10.1. The van der Waals surface area contributed by atoms with Crippen molar-refractivity contribution in [3.8, 4) is 22.6 Å². The summed E-state index contributed by atoms with van der Waals surface area (Å²) in [5.41, 5.74) is 3.54. The number of benzene rings is 2. The third kappa shape index (κ3) is 3.82. The van der Waals surface area contributed by atoms with E-state index in [9.17, 15) is 13.6 Å². The number of carbonyl (C=O) groups is 1. The number of nitrogens with one attached hydrogen (secondary N) is 2. The lowest BCUT2D eigenvalue weighted by Gasteiger charge is -2.15. The SMILES string of the molecule is O=C(Nc1ccccc1F)c1ccc(-c2c(-c3ccc(F)cc3)ncn2C2CCCC2)[nH]1. The van der Waals surface area contributed by atoms with E-state index in [2.05, 4.69) is 19.9 Å². The molecule has 5 rings (SSSR count). The average Bonchev–Trinajstić information content (AvgIpc) is 3.55. The molecule has 0 bridgehead atoms. The molecule has 0 aliphatic heterocycles. The Morgan fingerprint density at radius 3 is 2.50 bits per heavy atom. The van der Waals surface area contributed by atoms with Gasteiger partial charge in [0.15, 0.2) is 0 Å². The van der Waals surface area contributed by atoms with E-state index in [1.54, 1.807) is 30.3 Å². The first-order chi connectivity index (χ1) is 15.6. The number of H-pyrrole nitrogens is 1. The smallest absolute Gasteiger partial charge is 0.272 e. The van der Waals surface area contributed by atoms with E-state index in [-0.39, 0.29) is 11.5 Å². The molecule has 1 saturated carbocycles. The van der Waals surface area contributed by atoms with Gasteiger partial charge in [-0.1, -0.05) is 25.0 Å². The van der Waals surface area contributed by atoms with Crippen LogP contribution in [0.2, 0.25) is 0 Å². The number of hydrogen-bond acceptors (Lipinski definition) is 2. The number of amides is 1. The Hall–Kier alpha value is -3.74. The van der Waals surface area contributed by atoms with Crippen LogP contribution in [0.4, 0.5) is 14.5 Å². The second-order valence-corrected chi connectivity index (χ2v) is 8.01. The quantitative estimate of drug-likeness (QED) is 0.395. The number of halogens is 2. The van der Waals surface area contributed by atoms with Gasteiger partial charge in [0.25, 0.3) is 5.91 Å². The fourth-order valence-electron chi connectivity index (χ4n) is 4.32. The Kier molecular flexibility index (Phi) is 5.31. The van der Waals surface area contributed by atoms with Crippen LogP contribution in [0.15, 0.2) is 67.0 Å². The molecule has 1 aliphatic carbocycles. The summed E-state index contributed by atoms with van der Waals surface area (Å²) in [7, 11) is 0. The maximum Gasteiger partial charge on any atom is 0.272 e. The van der Waals surface area contributed by atoms with E-state index in [1.165, 1.54) is 24.3 Å². The van der Waals surface area contributed by atoms with Crippen LogP contribution in [0.25, 0.3) is 22.6 Å². The van der Waals surface area contributed by atoms with Gasteiger partial charge in [-0.3, -0.25) is 4.79 Å². The molecule has 1 fully saturated rings. The molecule has 0 unspecified atom stereocenters. The second-order valence-electron chi connectivity index (χ2n) is 8.01. The monoisotopic (exact) mass is 432 g/mol. The number of aromatic nitrogens is 3. The number of nitrogens with zero attached hydrogens (tertiary/aromatic N) is 2. The van der Waals surface area contributed by atoms with Gasteiger partial charge in [0.05, 0.1) is 29.1 Å². The van der Waals surface area contributed by atoms with Gasteiger partial charge in [-0.25, -0.2) is 13.8 Å². The van der Waals surface area contributed by atoms with Crippen molar-refractivity contribution in [3.63, 3.8) is 0 Å². The van der Waals surface area contributed by atoms with Gasteiger partial charge in [0, 0.05) is 11.6 Å². The largest absolute Gasteiger partial charge is 0.349 e. The number of aromatic amines is 1. The molecule has 4 aromatic rings. The fraction of sp³-hybridized carbons (Fsp3) is 0.200. The zero-order valence-electron chi connectivity index (χ0n) is 17.3. The predicted molar refractivity (Wildman–Crippen MR) is 119 cm³/mol. The number of anilines is 1. The Morgan fingerprint density at radius 2 is 1.75 bits per heavy atom. The van der Waals surface area contributed by atoms with Crippen LogP contribution < -0.4 is 5.32 Å². The first kappa shape index (κ1) is 20.2. The molecule has 0 saturated heterocycles. The Balaban J connectivity index is 1.52. The lowest BCUT2D eigenvalue weighted by Crippen LogP contribution is -2.13. The number of para-hydroxylation sites is 1. The summed E-state index contributed by atoms with van der Waals surface area (Å²) < 4.78 is 29.5. The van der Waals surface area contributed by atoms with Gasteiger partial charge in [-0.2, -0.15) is 0 Å². The van der Waals surface area contributed by atoms with Crippen LogP contribution in [-0.4, -0.2) is 20.4 Å². The van der Waals surface area contributed by atoms with Crippen molar-refractivity contribution in [2.75, 3.05) is 5.32 Å². The topological polar surface area (TPSA) is 62.7 Å². The molecule has 2 aromatic carbocycles. The van der Waals surface area contributed by atoms with E-state index < -0.39 is 11.7 Å². The summed E-state index contributed by atoms with van der Waals surface area (Å²) in [5.74, 6) is -1.24. The van der Waals surface area contributed by atoms with Gasteiger partial charge in [0.2, 0.25) is 0 Å². The van der Waals surface area contributed by atoms with Crippen molar-refractivity contribution in [3.05, 3.63) is 84.3 Å². The van der Waals surface area contributed by atoms with Crippen molar-refractivity contribution < 1.29 is 13.6 Å². The Bertz CT molecular complexity index is 1250. The second kappa shape index (κ2) is 8.42. The molecular weight excluding hydrogens is 410 g/mol. The molecule has 1 aliphatic rings. The highest BCUT2D eigenvalue weighted by molar-refractivity contribution is 6.03. The molecule has 1 amide bonds. The third-order valence-electron chi connectivity index (χ3n) is 5.94. The average molecular weight is 432 g/mol. The van der Waals surface area contributed by atoms with Crippen molar-refractivity contribution >= 4 is 11.6 Å². The van der Waals surface area contributed by atoms with Crippen LogP contribution in [0.5, 0.6) is 0 Å². The summed E-state index contributed by atoms with van der Waals surface area (Å²) in [6.45, 7) is 0. The minimum atomic E-state index is -0.495. The highest BCUT2D eigenvalue weighted by Crippen LogP contribution is 2.38. The van der Waals surface area contributed by atoms with Crippen molar-refractivity contribution in [2.45, 2.75) is 31.7 Å². The van der Waals surface area contributed by atoms with Gasteiger partial charge in [-0.05, 0) is 61.4 Å². The lowest BCUT2D eigenvalue weighted by molar-refractivity contribution is 0.102. The number of imidazole rings is 1. The fourth-order valence-corrected chi connectivity index (χ4v) is 4.32. The van der Waals surface area contributed by atoms with Crippen LogP contribution in [-0.2, 0) is 0 Å². The Morgan fingerprint density at radius 1 is 1.00 bits per heavy atom. The molecule has 32 heavy (non-hydrogen) atoms. The van der Waals surface area contributed by atoms with Crippen LogP contribution in [0.3, 0.4) is 0 Å². The summed E-state index contributed by atoms with van der Waals surface area (Å²) >= 11 is 0. The number of hydrogen-bond donors (Lipinski definition) is 2. The van der Waals surface area contributed by atoms with E-state index in [0.717, 1.165) is 48.3 Å². The highest BCUT2D eigenvalue weighted by Gasteiger charge is 2.24. The van der Waals surface area contributed by atoms with Crippen molar-refractivity contribution in [2.24, 2.45) is 0 Å². The summed E-state index contributed by atoms with van der Waals surface area (Å²) in [6, 6.07) is 16.1. The standard InChI is InChI=1S/C25H22F2N4O/c26-17-11-9-16(10-12-17)23-24(31(15-28-23)18-5-1-2-6-18)21-13-14-22(29-21)25(32)30-20-8-4-3-7-19(20)27/h3-4,7-15,18,29H,1-2,5-6H2,(H,30,32). The van der Waals surface area contributed by atoms with Crippen LogP contribution in [0, 0.1) is 11.6 Å². The maximum absolute atomic E-state index is 13.9. The van der Waals surface area contributed by atoms with Crippen LogP contribution in [0.1, 0.15) is 42.2 Å². The third-order valence-corrected chi connectivity index (χ3v) is 5.94.